The van der Waals surface area contributed by atoms with E-state index in [4.69, 9.17) is 0 Å². The number of carbonyl (C=O) groups is 1. The Bertz CT molecular complexity index is 640. The maximum atomic E-state index is 12.4. The largest absolute Gasteiger partial charge is 0.322 e. The number of rotatable bonds is 2. The van der Waals surface area contributed by atoms with Crippen LogP contribution in [0.15, 0.2) is 41.1 Å². The summed E-state index contributed by atoms with van der Waals surface area (Å²) in [6.45, 7) is 1.68. The van der Waals surface area contributed by atoms with Gasteiger partial charge in [0.05, 0.1) is 5.56 Å². The zero-order valence-corrected chi connectivity index (χ0v) is 12.4. The van der Waals surface area contributed by atoms with E-state index < -0.39 is 0 Å². The summed E-state index contributed by atoms with van der Waals surface area (Å²) in [5.74, 6) is -0.0985. The molecule has 20 heavy (non-hydrogen) atoms. The fraction of sp³-hybridized carbons (Fsp3) is 0.200. The molecule has 4 nitrogen and oxygen atoms in total. The lowest BCUT2D eigenvalue weighted by atomic mass is 9.98. The number of hydrogen-bond donors (Lipinski definition) is 2. The third-order valence-electron chi connectivity index (χ3n) is 3.36. The molecule has 1 aliphatic rings. The molecule has 5 heteroatoms. The highest BCUT2D eigenvalue weighted by Crippen LogP contribution is 2.19. The Morgan fingerprint density at radius 1 is 1.25 bits per heavy atom. The van der Waals surface area contributed by atoms with E-state index >= 15 is 0 Å². The third kappa shape index (κ3) is 2.73. The quantitative estimate of drug-likeness (QED) is 0.889. The van der Waals surface area contributed by atoms with Crippen molar-refractivity contribution in [3.63, 3.8) is 0 Å². The number of nitrogens with zero attached hydrogens (tertiary/aromatic N) is 1. The normalized spacial score (nSPS) is 13.7. The van der Waals surface area contributed by atoms with Crippen molar-refractivity contribution < 1.29 is 4.79 Å². The minimum atomic E-state index is -0.0985. The van der Waals surface area contributed by atoms with Gasteiger partial charge in [-0.15, -0.1) is 0 Å². The fourth-order valence-electron chi connectivity index (χ4n) is 2.34. The first-order valence-corrected chi connectivity index (χ1v) is 7.27. The van der Waals surface area contributed by atoms with E-state index in [1.54, 1.807) is 6.20 Å². The van der Waals surface area contributed by atoms with Crippen molar-refractivity contribution in [2.75, 3.05) is 11.9 Å². The van der Waals surface area contributed by atoms with Gasteiger partial charge in [-0.2, -0.15) is 0 Å². The van der Waals surface area contributed by atoms with E-state index in [-0.39, 0.29) is 5.91 Å². The first-order valence-electron chi connectivity index (χ1n) is 6.47. The number of hydrogen-bond acceptors (Lipinski definition) is 3. The van der Waals surface area contributed by atoms with Crippen LogP contribution < -0.4 is 10.6 Å². The molecule has 1 amide bonds. The fourth-order valence-corrected chi connectivity index (χ4v) is 2.61. The Morgan fingerprint density at radius 3 is 2.85 bits per heavy atom. The summed E-state index contributed by atoms with van der Waals surface area (Å²) in [6.07, 6.45) is 4.34. The molecule has 2 heterocycles. The van der Waals surface area contributed by atoms with E-state index in [1.165, 1.54) is 0 Å². The predicted octanol–water partition coefficient (Wildman–Crippen LogP) is 2.74. The highest BCUT2D eigenvalue weighted by Gasteiger charge is 2.18. The summed E-state index contributed by atoms with van der Waals surface area (Å²) in [5, 5.41) is 6.20. The molecule has 0 atom stereocenters. The van der Waals surface area contributed by atoms with Gasteiger partial charge in [-0.1, -0.05) is 15.9 Å². The number of nitrogens with one attached hydrogen (secondary N) is 2. The van der Waals surface area contributed by atoms with E-state index in [0.29, 0.717) is 5.56 Å². The molecule has 0 aliphatic carbocycles. The highest BCUT2D eigenvalue weighted by molar-refractivity contribution is 9.10. The van der Waals surface area contributed by atoms with Gasteiger partial charge in [0, 0.05) is 29.1 Å². The predicted molar refractivity (Wildman–Crippen MR) is 81.7 cm³/mol. The van der Waals surface area contributed by atoms with E-state index in [1.807, 2.05) is 30.5 Å². The molecule has 0 radical (unpaired) electrons. The Labute approximate surface area is 125 Å². The van der Waals surface area contributed by atoms with Gasteiger partial charge in [-0.25, -0.2) is 0 Å². The minimum Gasteiger partial charge on any atom is -0.322 e. The first kappa shape index (κ1) is 13.3. The van der Waals surface area contributed by atoms with Crippen molar-refractivity contribution in [3.05, 3.63) is 57.8 Å². The van der Waals surface area contributed by atoms with Crippen molar-refractivity contribution in [3.8, 4) is 0 Å². The maximum absolute atomic E-state index is 12.4. The van der Waals surface area contributed by atoms with Crippen molar-refractivity contribution in [2.45, 2.75) is 13.0 Å². The highest BCUT2D eigenvalue weighted by atomic mass is 79.9. The van der Waals surface area contributed by atoms with Crippen LogP contribution in [0.3, 0.4) is 0 Å². The topological polar surface area (TPSA) is 54.0 Å². The van der Waals surface area contributed by atoms with Gasteiger partial charge in [-0.05, 0) is 48.4 Å². The van der Waals surface area contributed by atoms with Gasteiger partial charge in [0.15, 0.2) is 0 Å². The summed E-state index contributed by atoms with van der Waals surface area (Å²) in [5.41, 5.74) is 3.67. The zero-order chi connectivity index (χ0) is 13.9. The number of aromatic nitrogens is 1. The lowest BCUT2D eigenvalue weighted by Crippen LogP contribution is -2.27. The van der Waals surface area contributed by atoms with Crippen LogP contribution in [0.25, 0.3) is 0 Å². The van der Waals surface area contributed by atoms with Crippen molar-refractivity contribution in [1.82, 2.24) is 10.3 Å². The van der Waals surface area contributed by atoms with Gasteiger partial charge in [0.1, 0.15) is 0 Å². The van der Waals surface area contributed by atoms with Crippen molar-refractivity contribution in [2.24, 2.45) is 0 Å². The lowest BCUT2D eigenvalue weighted by Gasteiger charge is -2.19. The van der Waals surface area contributed by atoms with Crippen LogP contribution in [0.1, 0.15) is 21.5 Å². The number of fused-ring (bicyclic) bond motifs is 1. The molecule has 0 fully saturated rings. The van der Waals surface area contributed by atoms with Gasteiger partial charge in [0.2, 0.25) is 0 Å². The summed E-state index contributed by atoms with van der Waals surface area (Å²) < 4.78 is 0.986. The summed E-state index contributed by atoms with van der Waals surface area (Å²) in [4.78, 5) is 16.6. The number of benzene rings is 1. The van der Waals surface area contributed by atoms with Crippen LogP contribution in [-0.4, -0.2) is 17.4 Å². The number of amides is 1. The second-order valence-corrected chi connectivity index (χ2v) is 5.63. The second-order valence-electron chi connectivity index (χ2n) is 4.71. The first-order chi connectivity index (χ1) is 9.74. The molecular formula is C15H14BrN3O. The molecule has 3 rings (SSSR count). The van der Waals surface area contributed by atoms with Crippen LogP contribution >= 0.6 is 15.9 Å². The average molecular weight is 332 g/mol. The molecule has 0 saturated heterocycles. The number of pyridine rings is 1. The van der Waals surface area contributed by atoms with Crippen LogP contribution in [0, 0.1) is 0 Å². The molecular weight excluding hydrogens is 318 g/mol. The maximum Gasteiger partial charge on any atom is 0.257 e. The zero-order valence-electron chi connectivity index (χ0n) is 10.8. The molecule has 102 valence electrons. The van der Waals surface area contributed by atoms with Crippen LogP contribution in [0.4, 0.5) is 5.69 Å². The molecule has 0 bridgehead atoms. The summed E-state index contributed by atoms with van der Waals surface area (Å²) in [6, 6.07) is 7.54. The molecule has 0 spiro atoms. The van der Waals surface area contributed by atoms with Crippen molar-refractivity contribution >= 4 is 27.5 Å². The Hall–Kier alpha value is -1.72. The minimum absolute atomic E-state index is 0.0985. The smallest absolute Gasteiger partial charge is 0.257 e. The molecule has 0 saturated carbocycles. The summed E-state index contributed by atoms with van der Waals surface area (Å²) in [7, 11) is 0. The third-order valence-corrected chi connectivity index (χ3v) is 3.89. The van der Waals surface area contributed by atoms with Gasteiger partial charge in [0.25, 0.3) is 5.91 Å². The number of halogens is 1. The Kier molecular flexibility index (Phi) is 3.80. The molecule has 2 aromatic rings. The molecule has 1 aliphatic heterocycles. The second kappa shape index (κ2) is 5.73. The number of anilines is 1. The average Bonchev–Trinajstić information content (AvgIpc) is 2.49. The van der Waals surface area contributed by atoms with Crippen molar-refractivity contribution in [1.29, 1.82) is 0 Å². The standard InChI is InChI=1S/C15H14BrN3O/c16-11-1-3-12(4-2-11)19-15(20)14-9-18-8-10-7-17-6-5-13(10)14/h1-4,8-9,17H,5-7H2,(H,19,20). The Balaban J connectivity index is 1.85. The SMILES string of the molecule is O=C(Nc1ccc(Br)cc1)c1cncc2c1CCNC2. The van der Waals surface area contributed by atoms with Crippen LogP contribution in [0.5, 0.6) is 0 Å². The lowest BCUT2D eigenvalue weighted by molar-refractivity contribution is 0.102. The van der Waals surface area contributed by atoms with E-state index in [9.17, 15) is 4.79 Å². The molecule has 0 unspecified atom stereocenters. The van der Waals surface area contributed by atoms with E-state index in [0.717, 1.165) is 40.8 Å². The monoisotopic (exact) mass is 331 g/mol. The van der Waals surface area contributed by atoms with Gasteiger partial charge < -0.3 is 10.6 Å². The van der Waals surface area contributed by atoms with Crippen LogP contribution in [-0.2, 0) is 13.0 Å². The van der Waals surface area contributed by atoms with Gasteiger partial charge in [-0.3, -0.25) is 9.78 Å². The molecule has 1 aromatic heterocycles. The Morgan fingerprint density at radius 2 is 2.05 bits per heavy atom. The molecule has 2 N–H and O–H groups in total. The molecule has 1 aromatic carbocycles. The number of carbonyl (C=O) groups excluding carboxylic acids is 1. The summed E-state index contributed by atoms with van der Waals surface area (Å²) >= 11 is 3.38. The van der Waals surface area contributed by atoms with Gasteiger partial charge >= 0.3 is 0 Å². The van der Waals surface area contributed by atoms with E-state index in [2.05, 4.69) is 31.5 Å². The van der Waals surface area contributed by atoms with Crippen LogP contribution in [0.2, 0.25) is 0 Å².